The largest absolute Gasteiger partial charge is 0.0804 e. The average Bonchev–Trinajstić information content (AvgIpc) is 2.91. The van der Waals surface area contributed by atoms with Gasteiger partial charge in [0.25, 0.3) is 0 Å². The summed E-state index contributed by atoms with van der Waals surface area (Å²) in [6.45, 7) is 9.52. The van der Waals surface area contributed by atoms with Crippen LogP contribution in [0.2, 0.25) is 0 Å². The highest BCUT2D eigenvalue weighted by molar-refractivity contribution is 5.36. The molecule has 0 bridgehead atoms. The normalized spacial score (nSPS) is 20.2. The van der Waals surface area contributed by atoms with Crippen molar-refractivity contribution in [2.24, 2.45) is 10.8 Å². The van der Waals surface area contributed by atoms with E-state index in [9.17, 15) is 0 Å². The van der Waals surface area contributed by atoms with Crippen LogP contribution in [-0.2, 0) is 0 Å². The molecule has 0 N–H and O–H groups in total. The Morgan fingerprint density at radius 1 is 0.750 bits per heavy atom. The Kier molecular flexibility index (Phi) is 2.69. The van der Waals surface area contributed by atoms with E-state index in [1.165, 1.54) is 0 Å². The van der Waals surface area contributed by atoms with Crippen LogP contribution in [0.3, 0.4) is 0 Å². The lowest BCUT2D eigenvalue weighted by molar-refractivity contribution is 0.194. The summed E-state index contributed by atoms with van der Waals surface area (Å²) in [5.41, 5.74) is 3.58. The van der Waals surface area contributed by atoms with E-state index in [0.29, 0.717) is 0 Å². The molecule has 0 atom stereocenters. The van der Waals surface area contributed by atoms with Crippen LogP contribution in [0, 0.1) is 10.8 Å². The molecule has 0 heterocycles. The zero-order chi connectivity index (χ0) is 11.8. The highest BCUT2D eigenvalue weighted by Gasteiger charge is 2.41. The summed E-state index contributed by atoms with van der Waals surface area (Å²) in [7, 11) is 0. The Balaban J connectivity index is 2.28. The van der Waals surface area contributed by atoms with Gasteiger partial charge in [-0.1, -0.05) is 75.3 Å². The molecule has 2 rings (SSSR count). The van der Waals surface area contributed by atoms with Crippen LogP contribution in [-0.4, -0.2) is 0 Å². The van der Waals surface area contributed by atoms with Gasteiger partial charge in [0.15, 0.2) is 0 Å². The van der Waals surface area contributed by atoms with Crippen molar-refractivity contribution in [2.75, 3.05) is 0 Å². The maximum absolute atomic E-state index is 2.38. The van der Waals surface area contributed by atoms with Gasteiger partial charge in [0, 0.05) is 0 Å². The second-order valence-corrected chi connectivity index (χ2v) is 5.90. The summed E-state index contributed by atoms with van der Waals surface area (Å²) in [5, 5.41) is 0. The Labute approximate surface area is 99.4 Å². The minimum absolute atomic E-state index is 0.231. The van der Waals surface area contributed by atoms with Crippen LogP contribution in [0.5, 0.6) is 0 Å². The number of hydrogen-bond acceptors (Lipinski definition) is 0. The van der Waals surface area contributed by atoms with Gasteiger partial charge in [-0.3, -0.25) is 0 Å². The molecule has 0 unspecified atom stereocenters. The van der Waals surface area contributed by atoms with E-state index in [-0.39, 0.29) is 10.8 Å². The van der Waals surface area contributed by atoms with E-state index >= 15 is 0 Å². The molecule has 0 spiro atoms. The molecule has 0 aromatic carbocycles. The first-order chi connectivity index (χ1) is 7.46. The molecule has 0 heteroatoms. The van der Waals surface area contributed by atoms with Gasteiger partial charge in [-0.25, -0.2) is 0 Å². The van der Waals surface area contributed by atoms with E-state index in [2.05, 4.69) is 64.2 Å². The number of allylic oxidation sites excluding steroid dienone is 8. The highest BCUT2D eigenvalue weighted by Crippen LogP contribution is 2.52. The van der Waals surface area contributed by atoms with Gasteiger partial charge in [-0.15, -0.1) is 0 Å². The lowest BCUT2D eigenvalue weighted by atomic mass is 9.60. The summed E-state index contributed by atoms with van der Waals surface area (Å²) >= 11 is 0. The lowest BCUT2D eigenvalue weighted by Gasteiger charge is -2.44. The molecule has 86 valence electrons. The average molecular weight is 214 g/mol. The van der Waals surface area contributed by atoms with E-state index in [4.69, 9.17) is 0 Å². The molecule has 0 radical (unpaired) electrons. The summed E-state index contributed by atoms with van der Waals surface area (Å²) in [6, 6.07) is 0. The molecule has 0 aliphatic heterocycles. The Bertz CT molecular complexity index is 358. The maximum Gasteiger partial charge on any atom is -0.00499 e. The molecule has 2 aliphatic carbocycles. The SMILES string of the molecule is CC(C)(C1=CC=CC1)C(C)(C)C1=CC=CC1. The van der Waals surface area contributed by atoms with Gasteiger partial charge in [-0.2, -0.15) is 0 Å². The van der Waals surface area contributed by atoms with Gasteiger partial charge in [0.1, 0.15) is 0 Å². The van der Waals surface area contributed by atoms with Crippen molar-refractivity contribution in [1.82, 2.24) is 0 Å². The van der Waals surface area contributed by atoms with Crippen molar-refractivity contribution in [1.29, 1.82) is 0 Å². The molecule has 0 saturated carbocycles. The third-order valence-corrected chi connectivity index (χ3v) is 4.71. The molecule has 0 aromatic rings. The molecule has 0 saturated heterocycles. The van der Waals surface area contributed by atoms with Crippen LogP contribution in [0.25, 0.3) is 0 Å². The van der Waals surface area contributed by atoms with Gasteiger partial charge >= 0.3 is 0 Å². The zero-order valence-corrected chi connectivity index (χ0v) is 10.9. The van der Waals surface area contributed by atoms with E-state index < -0.39 is 0 Å². The topological polar surface area (TPSA) is 0 Å². The summed E-state index contributed by atoms with van der Waals surface area (Å²) < 4.78 is 0. The van der Waals surface area contributed by atoms with Gasteiger partial charge in [0.05, 0.1) is 0 Å². The smallest absolute Gasteiger partial charge is 0.00499 e. The Morgan fingerprint density at radius 3 is 1.38 bits per heavy atom. The van der Waals surface area contributed by atoms with Crippen molar-refractivity contribution in [2.45, 2.75) is 40.5 Å². The Morgan fingerprint density at radius 2 is 1.12 bits per heavy atom. The van der Waals surface area contributed by atoms with Gasteiger partial charge in [0.2, 0.25) is 0 Å². The van der Waals surface area contributed by atoms with Crippen LogP contribution in [0.1, 0.15) is 40.5 Å². The van der Waals surface area contributed by atoms with Crippen LogP contribution in [0.15, 0.2) is 47.6 Å². The summed E-state index contributed by atoms with van der Waals surface area (Å²) in [4.78, 5) is 0. The first-order valence-electron chi connectivity index (χ1n) is 6.18. The third-order valence-electron chi connectivity index (χ3n) is 4.71. The second kappa shape index (κ2) is 3.76. The van der Waals surface area contributed by atoms with Crippen molar-refractivity contribution in [3.05, 3.63) is 47.6 Å². The third kappa shape index (κ3) is 1.61. The predicted octanol–water partition coefficient (Wildman–Crippen LogP) is 4.81. The lowest BCUT2D eigenvalue weighted by Crippen LogP contribution is -2.35. The Hall–Kier alpha value is -1.04. The minimum Gasteiger partial charge on any atom is -0.0804 e. The van der Waals surface area contributed by atoms with Crippen LogP contribution in [0.4, 0.5) is 0 Å². The molecular formula is C16H22. The van der Waals surface area contributed by atoms with Crippen molar-refractivity contribution < 1.29 is 0 Å². The number of rotatable bonds is 3. The molecule has 0 aromatic heterocycles. The van der Waals surface area contributed by atoms with Crippen molar-refractivity contribution in [3.63, 3.8) is 0 Å². The quantitative estimate of drug-likeness (QED) is 0.632. The van der Waals surface area contributed by atoms with E-state index in [0.717, 1.165) is 12.8 Å². The summed E-state index contributed by atoms with van der Waals surface area (Å²) in [6.07, 6.45) is 15.7. The van der Waals surface area contributed by atoms with E-state index in [1.54, 1.807) is 11.1 Å². The predicted molar refractivity (Wildman–Crippen MR) is 71.2 cm³/mol. The standard InChI is InChI=1S/C16H22/c1-15(2,13-9-5-6-10-13)16(3,4)14-11-7-8-12-14/h5-9,11H,10,12H2,1-4H3. The first kappa shape index (κ1) is 11.4. The number of hydrogen-bond donors (Lipinski definition) is 0. The monoisotopic (exact) mass is 214 g/mol. The van der Waals surface area contributed by atoms with Gasteiger partial charge in [-0.05, 0) is 23.7 Å². The van der Waals surface area contributed by atoms with Crippen LogP contribution < -0.4 is 0 Å². The van der Waals surface area contributed by atoms with E-state index in [1.807, 2.05) is 0 Å². The molecule has 0 nitrogen and oxygen atoms in total. The fourth-order valence-corrected chi connectivity index (χ4v) is 2.62. The van der Waals surface area contributed by atoms with Gasteiger partial charge < -0.3 is 0 Å². The highest BCUT2D eigenvalue weighted by atomic mass is 14.5. The fraction of sp³-hybridized carbons (Fsp3) is 0.500. The van der Waals surface area contributed by atoms with Crippen molar-refractivity contribution in [3.8, 4) is 0 Å². The molecule has 2 aliphatic rings. The fourth-order valence-electron chi connectivity index (χ4n) is 2.62. The first-order valence-corrected chi connectivity index (χ1v) is 6.18. The second-order valence-electron chi connectivity index (χ2n) is 5.90. The zero-order valence-electron chi connectivity index (χ0n) is 10.9. The molecular weight excluding hydrogens is 192 g/mol. The van der Waals surface area contributed by atoms with Crippen LogP contribution >= 0.6 is 0 Å². The molecule has 0 amide bonds. The summed E-state index contributed by atoms with van der Waals surface area (Å²) in [5.74, 6) is 0. The maximum atomic E-state index is 2.38. The molecule has 0 fully saturated rings. The molecule has 16 heavy (non-hydrogen) atoms. The van der Waals surface area contributed by atoms with Crippen molar-refractivity contribution >= 4 is 0 Å². The minimum atomic E-state index is 0.231.